The van der Waals surface area contributed by atoms with Gasteiger partial charge in [0.1, 0.15) is 0 Å². The summed E-state index contributed by atoms with van der Waals surface area (Å²) >= 11 is 0. The molecular weight excluding hydrogens is 294 g/mol. The Bertz CT molecular complexity index is 513. The second-order valence-electron chi connectivity index (χ2n) is 6.83. The molecule has 130 valence electrons. The Kier molecular flexibility index (Phi) is 8.00. The number of nitrogens with zero attached hydrogens (tertiary/aromatic N) is 1. The molecule has 0 amide bonds. The van der Waals surface area contributed by atoms with Gasteiger partial charge in [0.15, 0.2) is 0 Å². The second-order valence-corrected chi connectivity index (χ2v) is 6.83. The average molecular weight is 325 g/mol. The summed E-state index contributed by atoms with van der Waals surface area (Å²) in [6.45, 7) is 7.09. The molecule has 2 atom stereocenters. The average Bonchev–Trinajstić information content (AvgIpc) is 2.61. The lowest BCUT2D eigenvalue weighted by Gasteiger charge is -2.28. The van der Waals surface area contributed by atoms with E-state index in [1.165, 1.54) is 11.1 Å². The molecule has 0 saturated carbocycles. The largest absolute Gasteiger partial charge is 0.393 e. The number of hydrogen-bond donors (Lipinski definition) is 1. The van der Waals surface area contributed by atoms with E-state index in [0.717, 1.165) is 38.9 Å². The molecule has 0 heterocycles. The van der Waals surface area contributed by atoms with Crippen LogP contribution in [0.5, 0.6) is 0 Å². The molecule has 0 aromatic heterocycles. The van der Waals surface area contributed by atoms with Crippen molar-refractivity contribution in [3.63, 3.8) is 0 Å². The van der Waals surface area contributed by atoms with E-state index in [-0.39, 0.29) is 12.0 Å². The van der Waals surface area contributed by atoms with Gasteiger partial charge in [0, 0.05) is 19.6 Å². The minimum Gasteiger partial charge on any atom is -0.393 e. The van der Waals surface area contributed by atoms with Crippen LogP contribution in [0.25, 0.3) is 0 Å². The zero-order chi connectivity index (χ0) is 17.2. The first-order valence-corrected chi connectivity index (χ1v) is 9.17. The van der Waals surface area contributed by atoms with Gasteiger partial charge in [0.2, 0.25) is 0 Å². The molecule has 2 rings (SSSR count). The van der Waals surface area contributed by atoms with Crippen LogP contribution in [-0.2, 0) is 13.1 Å². The van der Waals surface area contributed by atoms with Gasteiger partial charge in [-0.2, -0.15) is 0 Å². The molecular formula is C22H31NO. The molecule has 2 nitrogen and oxygen atoms in total. The standard InChI is InChI=1S/C22H31NO/c1-3-4-15-22(24)19(2)16-23(17-20-11-7-5-8-12-20)18-21-13-9-6-10-14-21/h5-14,19,22,24H,3-4,15-18H2,1-2H3/t19-,22-/m1/s1. The fraction of sp³-hybridized carbons (Fsp3) is 0.455. The van der Waals surface area contributed by atoms with Crippen molar-refractivity contribution in [2.45, 2.75) is 52.3 Å². The summed E-state index contributed by atoms with van der Waals surface area (Å²) < 4.78 is 0. The Morgan fingerprint density at radius 3 is 1.83 bits per heavy atom. The molecule has 0 aliphatic heterocycles. The van der Waals surface area contributed by atoms with Gasteiger partial charge in [-0.15, -0.1) is 0 Å². The number of rotatable bonds is 10. The summed E-state index contributed by atoms with van der Waals surface area (Å²) in [5.41, 5.74) is 2.65. The van der Waals surface area contributed by atoms with Crippen molar-refractivity contribution in [3.8, 4) is 0 Å². The van der Waals surface area contributed by atoms with Crippen LogP contribution in [0.2, 0.25) is 0 Å². The van der Waals surface area contributed by atoms with Gasteiger partial charge in [-0.3, -0.25) is 4.90 Å². The van der Waals surface area contributed by atoms with Crippen LogP contribution in [0.4, 0.5) is 0 Å². The van der Waals surface area contributed by atoms with Crippen LogP contribution >= 0.6 is 0 Å². The Hall–Kier alpha value is -1.64. The predicted octanol–water partition coefficient (Wildman–Crippen LogP) is 4.88. The maximum atomic E-state index is 10.4. The first kappa shape index (κ1) is 18.7. The predicted molar refractivity (Wildman–Crippen MR) is 102 cm³/mol. The number of unbranched alkanes of at least 4 members (excludes halogenated alkanes) is 1. The fourth-order valence-corrected chi connectivity index (χ4v) is 3.09. The highest BCUT2D eigenvalue weighted by molar-refractivity contribution is 5.17. The molecule has 24 heavy (non-hydrogen) atoms. The van der Waals surface area contributed by atoms with Gasteiger partial charge in [0.05, 0.1) is 6.10 Å². The maximum absolute atomic E-state index is 10.4. The van der Waals surface area contributed by atoms with Crippen LogP contribution in [0.3, 0.4) is 0 Å². The molecule has 2 heteroatoms. The Labute approximate surface area is 147 Å². The van der Waals surface area contributed by atoms with Crippen molar-refractivity contribution in [3.05, 3.63) is 71.8 Å². The Balaban J connectivity index is 2.01. The lowest BCUT2D eigenvalue weighted by Crippen LogP contribution is -2.33. The minimum atomic E-state index is -0.209. The SMILES string of the molecule is CCCC[C@@H](O)[C@H](C)CN(Cc1ccccc1)Cc1ccccc1. The van der Waals surface area contributed by atoms with Gasteiger partial charge in [-0.05, 0) is 23.5 Å². The molecule has 0 fully saturated rings. The lowest BCUT2D eigenvalue weighted by molar-refractivity contribution is 0.0750. The van der Waals surface area contributed by atoms with Crippen molar-refractivity contribution in [1.29, 1.82) is 0 Å². The van der Waals surface area contributed by atoms with Crippen LogP contribution in [-0.4, -0.2) is 22.7 Å². The maximum Gasteiger partial charge on any atom is 0.0578 e. The summed E-state index contributed by atoms with van der Waals surface area (Å²) in [6, 6.07) is 21.2. The zero-order valence-electron chi connectivity index (χ0n) is 15.1. The molecule has 0 unspecified atom stereocenters. The molecule has 1 N–H and O–H groups in total. The summed E-state index contributed by atoms with van der Waals surface area (Å²) in [5, 5.41) is 10.4. The van der Waals surface area contributed by atoms with E-state index in [4.69, 9.17) is 0 Å². The highest BCUT2D eigenvalue weighted by atomic mass is 16.3. The van der Waals surface area contributed by atoms with Crippen molar-refractivity contribution < 1.29 is 5.11 Å². The number of aliphatic hydroxyl groups is 1. The van der Waals surface area contributed by atoms with E-state index in [9.17, 15) is 5.11 Å². The molecule has 2 aromatic carbocycles. The third-order valence-corrected chi connectivity index (χ3v) is 4.55. The Morgan fingerprint density at radius 2 is 1.38 bits per heavy atom. The van der Waals surface area contributed by atoms with E-state index in [2.05, 4.69) is 79.4 Å². The lowest BCUT2D eigenvalue weighted by atomic mass is 9.98. The molecule has 0 bridgehead atoms. The van der Waals surface area contributed by atoms with Gasteiger partial charge >= 0.3 is 0 Å². The van der Waals surface area contributed by atoms with Crippen LogP contribution in [0.15, 0.2) is 60.7 Å². The number of hydrogen-bond acceptors (Lipinski definition) is 2. The van der Waals surface area contributed by atoms with E-state index in [1.54, 1.807) is 0 Å². The highest BCUT2D eigenvalue weighted by Crippen LogP contribution is 2.16. The van der Waals surface area contributed by atoms with Crippen molar-refractivity contribution in [1.82, 2.24) is 4.90 Å². The summed E-state index contributed by atoms with van der Waals surface area (Å²) in [7, 11) is 0. The number of benzene rings is 2. The third kappa shape index (κ3) is 6.46. The quantitative estimate of drug-likeness (QED) is 0.673. The second kappa shape index (κ2) is 10.3. The van der Waals surface area contributed by atoms with E-state index < -0.39 is 0 Å². The first-order valence-electron chi connectivity index (χ1n) is 9.17. The van der Waals surface area contributed by atoms with E-state index in [0.29, 0.717) is 0 Å². The highest BCUT2D eigenvalue weighted by Gasteiger charge is 2.18. The number of aliphatic hydroxyl groups excluding tert-OH is 1. The fourth-order valence-electron chi connectivity index (χ4n) is 3.09. The normalized spacial score (nSPS) is 13.8. The molecule has 0 saturated heterocycles. The van der Waals surface area contributed by atoms with Gasteiger partial charge in [-0.1, -0.05) is 87.4 Å². The van der Waals surface area contributed by atoms with Crippen LogP contribution < -0.4 is 0 Å². The third-order valence-electron chi connectivity index (χ3n) is 4.55. The van der Waals surface area contributed by atoms with E-state index >= 15 is 0 Å². The van der Waals surface area contributed by atoms with Crippen LogP contribution in [0.1, 0.15) is 44.2 Å². The monoisotopic (exact) mass is 325 g/mol. The molecule has 0 spiro atoms. The van der Waals surface area contributed by atoms with Gasteiger partial charge in [0.25, 0.3) is 0 Å². The van der Waals surface area contributed by atoms with Gasteiger partial charge < -0.3 is 5.11 Å². The summed E-state index contributed by atoms with van der Waals surface area (Å²) in [6.07, 6.45) is 2.94. The molecule has 0 radical (unpaired) electrons. The topological polar surface area (TPSA) is 23.5 Å². The van der Waals surface area contributed by atoms with Crippen molar-refractivity contribution in [2.24, 2.45) is 5.92 Å². The van der Waals surface area contributed by atoms with Crippen molar-refractivity contribution >= 4 is 0 Å². The van der Waals surface area contributed by atoms with E-state index in [1.807, 2.05) is 0 Å². The minimum absolute atomic E-state index is 0.209. The van der Waals surface area contributed by atoms with Crippen LogP contribution in [0, 0.1) is 5.92 Å². The van der Waals surface area contributed by atoms with Crippen molar-refractivity contribution in [2.75, 3.05) is 6.54 Å². The Morgan fingerprint density at radius 1 is 0.875 bits per heavy atom. The zero-order valence-corrected chi connectivity index (χ0v) is 15.1. The molecule has 2 aromatic rings. The molecule has 0 aliphatic rings. The molecule has 0 aliphatic carbocycles. The first-order chi connectivity index (χ1) is 11.7. The summed E-state index contributed by atoms with van der Waals surface area (Å²) in [5.74, 6) is 0.281. The summed E-state index contributed by atoms with van der Waals surface area (Å²) in [4.78, 5) is 2.45. The smallest absolute Gasteiger partial charge is 0.0578 e. The van der Waals surface area contributed by atoms with Gasteiger partial charge in [-0.25, -0.2) is 0 Å².